The molecule has 16 heavy (non-hydrogen) atoms. The zero-order valence-electron chi connectivity index (χ0n) is 9.00. The van der Waals surface area contributed by atoms with Gasteiger partial charge in [0, 0.05) is 0 Å². The molecule has 0 amide bonds. The van der Waals surface area contributed by atoms with Crippen molar-refractivity contribution in [2.75, 3.05) is 6.61 Å². The van der Waals surface area contributed by atoms with Crippen LogP contribution >= 0.6 is 15.9 Å². The average Bonchev–Trinajstić information content (AvgIpc) is 3.02. The summed E-state index contributed by atoms with van der Waals surface area (Å²) in [5.74, 6) is 0.0241. The van der Waals surface area contributed by atoms with Gasteiger partial charge in [-0.25, -0.2) is 0 Å². The monoisotopic (exact) mass is 284 g/mol. The molecular weight excluding hydrogens is 272 g/mol. The van der Waals surface area contributed by atoms with Crippen LogP contribution in [0.15, 0.2) is 22.7 Å². The Morgan fingerprint density at radius 3 is 2.69 bits per heavy atom. The third kappa shape index (κ3) is 1.82. The summed E-state index contributed by atoms with van der Waals surface area (Å²) in [7, 11) is 0. The molecule has 0 atom stereocenters. The Bertz CT molecular complexity index is 424. The van der Waals surface area contributed by atoms with Crippen LogP contribution < -0.4 is 4.74 Å². The van der Waals surface area contributed by atoms with Crippen molar-refractivity contribution in [2.24, 2.45) is 0 Å². The molecule has 0 unspecified atom stereocenters. The number of hydrogen-bond donors (Lipinski definition) is 1. The molecule has 1 N–H and O–H groups in total. The van der Waals surface area contributed by atoms with Gasteiger partial charge in [0.2, 0.25) is 0 Å². The third-order valence-corrected chi connectivity index (χ3v) is 3.56. The Kier molecular flexibility index (Phi) is 2.93. The molecule has 4 heteroatoms. The van der Waals surface area contributed by atoms with Crippen molar-refractivity contribution >= 4 is 21.9 Å². The van der Waals surface area contributed by atoms with Gasteiger partial charge in [0.05, 0.1) is 16.5 Å². The minimum Gasteiger partial charge on any atom is -0.493 e. The second-order valence-electron chi connectivity index (χ2n) is 3.97. The second-order valence-corrected chi connectivity index (χ2v) is 4.82. The van der Waals surface area contributed by atoms with Crippen LogP contribution in [0.1, 0.15) is 25.3 Å². The number of carboxylic acids is 1. The second kappa shape index (κ2) is 4.09. The maximum Gasteiger partial charge on any atom is 0.314 e. The lowest BCUT2D eigenvalue weighted by molar-refractivity contribution is -0.140. The van der Waals surface area contributed by atoms with Crippen LogP contribution in [-0.2, 0) is 10.2 Å². The Morgan fingerprint density at radius 2 is 2.25 bits per heavy atom. The largest absolute Gasteiger partial charge is 0.493 e. The van der Waals surface area contributed by atoms with Crippen LogP contribution in [-0.4, -0.2) is 17.7 Å². The van der Waals surface area contributed by atoms with Crippen LogP contribution in [0, 0.1) is 0 Å². The lowest BCUT2D eigenvalue weighted by Crippen LogP contribution is -2.19. The molecule has 3 nitrogen and oxygen atoms in total. The topological polar surface area (TPSA) is 46.5 Å². The highest BCUT2D eigenvalue weighted by Gasteiger charge is 2.51. The van der Waals surface area contributed by atoms with Gasteiger partial charge in [-0.05, 0) is 53.4 Å². The van der Waals surface area contributed by atoms with E-state index < -0.39 is 11.4 Å². The molecule has 0 aliphatic heterocycles. The van der Waals surface area contributed by atoms with E-state index in [0.717, 1.165) is 28.6 Å². The van der Waals surface area contributed by atoms with Crippen LogP contribution in [0.2, 0.25) is 0 Å². The number of rotatable bonds is 4. The molecule has 0 spiro atoms. The Labute approximate surface area is 103 Å². The molecule has 0 aromatic heterocycles. The van der Waals surface area contributed by atoms with E-state index in [1.165, 1.54) is 0 Å². The SMILES string of the molecule is CCOc1ccc(C2(C(=O)O)CC2)cc1Br. The first kappa shape index (κ1) is 11.5. The highest BCUT2D eigenvalue weighted by molar-refractivity contribution is 9.10. The number of aliphatic carboxylic acids is 1. The fraction of sp³-hybridized carbons (Fsp3) is 0.417. The summed E-state index contributed by atoms with van der Waals surface area (Å²) in [5, 5.41) is 9.17. The van der Waals surface area contributed by atoms with Gasteiger partial charge in [-0.3, -0.25) is 4.79 Å². The predicted molar refractivity (Wildman–Crippen MR) is 63.9 cm³/mol. The van der Waals surface area contributed by atoms with Crippen molar-refractivity contribution in [3.8, 4) is 5.75 Å². The van der Waals surface area contributed by atoms with Gasteiger partial charge in [-0.2, -0.15) is 0 Å². The Hall–Kier alpha value is -1.03. The normalized spacial score (nSPS) is 16.9. The van der Waals surface area contributed by atoms with Gasteiger partial charge in [-0.1, -0.05) is 6.07 Å². The van der Waals surface area contributed by atoms with Crippen LogP contribution in [0.25, 0.3) is 0 Å². The van der Waals surface area contributed by atoms with Gasteiger partial charge in [0.1, 0.15) is 5.75 Å². The number of carbonyl (C=O) groups is 1. The summed E-state index contributed by atoms with van der Waals surface area (Å²) in [4.78, 5) is 11.2. The van der Waals surface area contributed by atoms with E-state index in [0.29, 0.717) is 6.61 Å². The number of hydrogen-bond acceptors (Lipinski definition) is 2. The lowest BCUT2D eigenvalue weighted by atomic mass is 9.96. The summed E-state index contributed by atoms with van der Waals surface area (Å²) in [5.41, 5.74) is 0.211. The van der Waals surface area contributed by atoms with Gasteiger partial charge >= 0.3 is 5.97 Å². The standard InChI is InChI=1S/C12H13BrO3/c1-2-16-10-4-3-8(7-9(10)13)12(5-6-12)11(14)15/h3-4,7H,2,5-6H2,1H3,(H,14,15). The van der Waals surface area contributed by atoms with Crippen molar-refractivity contribution in [1.29, 1.82) is 0 Å². The fourth-order valence-electron chi connectivity index (χ4n) is 1.82. The minimum absolute atomic E-state index is 0.599. The molecule has 1 aliphatic rings. The molecule has 1 fully saturated rings. The van der Waals surface area contributed by atoms with E-state index in [-0.39, 0.29) is 0 Å². The molecule has 1 aromatic rings. The minimum atomic E-state index is -0.733. The van der Waals surface area contributed by atoms with Gasteiger partial charge in [0.15, 0.2) is 0 Å². The van der Waals surface area contributed by atoms with Crippen LogP contribution in [0.4, 0.5) is 0 Å². The number of halogens is 1. The van der Waals surface area contributed by atoms with Crippen LogP contribution in [0.3, 0.4) is 0 Å². The molecule has 86 valence electrons. The summed E-state index contributed by atoms with van der Waals surface area (Å²) in [6.45, 7) is 2.52. The number of carboxylic acid groups (broad SMARTS) is 1. The third-order valence-electron chi connectivity index (χ3n) is 2.94. The summed E-state index contributed by atoms with van der Waals surface area (Å²) >= 11 is 3.40. The zero-order valence-corrected chi connectivity index (χ0v) is 10.6. The zero-order chi connectivity index (χ0) is 11.8. The van der Waals surface area contributed by atoms with E-state index in [4.69, 9.17) is 4.74 Å². The van der Waals surface area contributed by atoms with Gasteiger partial charge in [-0.15, -0.1) is 0 Å². The summed E-state index contributed by atoms with van der Waals surface area (Å²) in [6, 6.07) is 5.52. The van der Waals surface area contributed by atoms with E-state index in [2.05, 4.69) is 15.9 Å². The average molecular weight is 285 g/mol. The van der Waals surface area contributed by atoms with Crippen molar-refractivity contribution < 1.29 is 14.6 Å². The van der Waals surface area contributed by atoms with Crippen molar-refractivity contribution in [3.05, 3.63) is 28.2 Å². The summed E-state index contributed by atoms with van der Waals surface area (Å²) < 4.78 is 6.21. The first-order valence-corrected chi connectivity index (χ1v) is 6.05. The van der Waals surface area contributed by atoms with E-state index in [1.807, 2.05) is 25.1 Å². The molecule has 0 saturated heterocycles. The molecule has 2 rings (SSSR count). The molecule has 1 aliphatic carbocycles. The first-order chi connectivity index (χ1) is 7.60. The maximum atomic E-state index is 11.2. The summed E-state index contributed by atoms with van der Waals surface area (Å²) in [6.07, 6.45) is 1.45. The number of benzene rings is 1. The maximum absolute atomic E-state index is 11.2. The highest BCUT2D eigenvalue weighted by atomic mass is 79.9. The number of ether oxygens (including phenoxy) is 1. The van der Waals surface area contributed by atoms with E-state index in [9.17, 15) is 9.90 Å². The predicted octanol–water partition coefficient (Wildman–Crippen LogP) is 2.96. The van der Waals surface area contributed by atoms with E-state index >= 15 is 0 Å². The molecule has 1 saturated carbocycles. The van der Waals surface area contributed by atoms with Crippen molar-refractivity contribution in [2.45, 2.75) is 25.2 Å². The van der Waals surface area contributed by atoms with Gasteiger partial charge in [0.25, 0.3) is 0 Å². The highest BCUT2D eigenvalue weighted by Crippen LogP contribution is 2.49. The molecular formula is C12H13BrO3. The molecule has 0 radical (unpaired) electrons. The van der Waals surface area contributed by atoms with Crippen LogP contribution in [0.5, 0.6) is 5.75 Å². The Morgan fingerprint density at radius 1 is 1.56 bits per heavy atom. The van der Waals surface area contributed by atoms with E-state index in [1.54, 1.807) is 0 Å². The Balaban J connectivity index is 2.31. The van der Waals surface area contributed by atoms with Gasteiger partial charge < -0.3 is 9.84 Å². The molecule has 1 aromatic carbocycles. The fourth-order valence-corrected chi connectivity index (χ4v) is 2.32. The smallest absolute Gasteiger partial charge is 0.314 e. The lowest BCUT2D eigenvalue weighted by Gasteiger charge is -2.12. The molecule has 0 bridgehead atoms. The quantitative estimate of drug-likeness (QED) is 0.925. The first-order valence-electron chi connectivity index (χ1n) is 5.26. The van der Waals surface area contributed by atoms with Crippen molar-refractivity contribution in [3.63, 3.8) is 0 Å². The molecule has 0 heterocycles. The van der Waals surface area contributed by atoms with Crippen molar-refractivity contribution in [1.82, 2.24) is 0 Å².